The van der Waals surface area contributed by atoms with Crippen LogP contribution < -0.4 is 5.32 Å². The average Bonchev–Trinajstić information content (AvgIpc) is 2.52. The number of nitrogens with zero attached hydrogens (tertiary/aromatic N) is 1. The zero-order valence-electron chi connectivity index (χ0n) is 13.3. The summed E-state index contributed by atoms with van der Waals surface area (Å²) in [4.78, 5) is 15.9. The predicted octanol–water partition coefficient (Wildman–Crippen LogP) is 3.26. The van der Waals surface area contributed by atoms with E-state index >= 15 is 0 Å². The fourth-order valence-corrected chi connectivity index (χ4v) is 3.52. The molecule has 0 aromatic heterocycles. The lowest BCUT2D eigenvalue weighted by Crippen LogP contribution is -2.46. The molecule has 1 fully saturated rings. The summed E-state index contributed by atoms with van der Waals surface area (Å²) in [5.74, 6) is 0.811. The average molecular weight is 306 g/mol. The van der Waals surface area contributed by atoms with Crippen molar-refractivity contribution in [3.05, 3.63) is 29.8 Å². The van der Waals surface area contributed by atoms with Crippen molar-refractivity contribution in [2.45, 2.75) is 37.6 Å². The molecule has 116 valence electrons. The normalized spacial score (nSPS) is 21.0. The van der Waals surface area contributed by atoms with Crippen molar-refractivity contribution >= 4 is 17.7 Å². The van der Waals surface area contributed by atoms with Gasteiger partial charge in [0.25, 0.3) is 5.91 Å². The molecule has 0 aliphatic carbocycles. The highest BCUT2D eigenvalue weighted by Gasteiger charge is 2.21. The Balaban J connectivity index is 1.88. The van der Waals surface area contributed by atoms with Crippen molar-refractivity contribution in [1.29, 1.82) is 0 Å². The van der Waals surface area contributed by atoms with Crippen LogP contribution in [-0.4, -0.2) is 42.7 Å². The summed E-state index contributed by atoms with van der Waals surface area (Å²) in [5, 5.41) is 3.09. The Labute approximate surface area is 132 Å². The monoisotopic (exact) mass is 306 g/mol. The smallest absolute Gasteiger partial charge is 0.252 e. The van der Waals surface area contributed by atoms with Crippen molar-refractivity contribution < 1.29 is 4.79 Å². The van der Waals surface area contributed by atoms with Crippen LogP contribution in [0.3, 0.4) is 0 Å². The van der Waals surface area contributed by atoms with Gasteiger partial charge in [0.05, 0.1) is 5.56 Å². The molecule has 1 N–H and O–H groups in total. The highest BCUT2D eigenvalue weighted by atomic mass is 32.2. The maximum atomic E-state index is 12.3. The summed E-state index contributed by atoms with van der Waals surface area (Å²) in [7, 11) is 0. The summed E-state index contributed by atoms with van der Waals surface area (Å²) in [6.07, 6.45) is 4.61. The quantitative estimate of drug-likeness (QED) is 0.848. The van der Waals surface area contributed by atoms with Gasteiger partial charge in [-0.05, 0) is 50.6 Å². The maximum absolute atomic E-state index is 12.3. The van der Waals surface area contributed by atoms with E-state index in [1.54, 1.807) is 11.8 Å². The lowest BCUT2D eigenvalue weighted by Gasteiger charge is -2.35. The van der Waals surface area contributed by atoms with Crippen molar-refractivity contribution in [2.24, 2.45) is 5.92 Å². The SMILES string of the molecule is CSc1ccccc1C(=O)NCC(C)N1CCCC(C)C1. The molecule has 0 radical (unpaired) electrons. The van der Waals surface area contributed by atoms with E-state index in [2.05, 4.69) is 24.1 Å². The molecule has 1 aromatic rings. The maximum Gasteiger partial charge on any atom is 0.252 e. The Kier molecular flexibility index (Phi) is 6.12. The fraction of sp³-hybridized carbons (Fsp3) is 0.588. The molecule has 2 unspecified atom stereocenters. The lowest BCUT2D eigenvalue weighted by molar-refractivity contribution is 0.0914. The first kappa shape index (κ1) is 16.4. The number of carbonyl (C=O) groups excluding carboxylic acids is 1. The van der Waals surface area contributed by atoms with Crippen molar-refractivity contribution in [3.63, 3.8) is 0 Å². The number of hydrogen-bond donors (Lipinski definition) is 1. The van der Waals surface area contributed by atoms with E-state index in [0.717, 1.165) is 29.5 Å². The van der Waals surface area contributed by atoms with Crippen LogP contribution in [0.25, 0.3) is 0 Å². The Morgan fingerprint density at radius 1 is 1.48 bits per heavy atom. The standard InChI is InChI=1S/C17H26N2OS/c1-13-7-6-10-19(12-13)14(2)11-18-17(20)15-8-4-5-9-16(15)21-3/h4-5,8-9,13-14H,6-7,10-12H2,1-3H3,(H,18,20). The number of hydrogen-bond acceptors (Lipinski definition) is 3. The van der Waals surface area contributed by atoms with E-state index in [4.69, 9.17) is 0 Å². The summed E-state index contributed by atoms with van der Waals surface area (Å²) in [6, 6.07) is 8.19. The molecule has 4 heteroatoms. The number of amides is 1. The third kappa shape index (κ3) is 4.48. The van der Waals surface area contributed by atoms with Crippen LogP contribution in [0.2, 0.25) is 0 Å². The molecule has 3 nitrogen and oxygen atoms in total. The van der Waals surface area contributed by atoms with Crippen molar-refractivity contribution in [2.75, 3.05) is 25.9 Å². The fourth-order valence-electron chi connectivity index (χ4n) is 2.92. The summed E-state index contributed by atoms with van der Waals surface area (Å²) in [6.45, 7) is 7.54. The van der Waals surface area contributed by atoms with Gasteiger partial charge in [-0.1, -0.05) is 19.1 Å². The van der Waals surface area contributed by atoms with Gasteiger partial charge in [-0.2, -0.15) is 0 Å². The van der Waals surface area contributed by atoms with Gasteiger partial charge in [-0.3, -0.25) is 9.69 Å². The molecule has 0 bridgehead atoms. The summed E-state index contributed by atoms with van der Waals surface area (Å²) >= 11 is 1.62. The van der Waals surface area contributed by atoms with Gasteiger partial charge in [0.1, 0.15) is 0 Å². The summed E-state index contributed by atoms with van der Waals surface area (Å²) < 4.78 is 0. The molecule has 0 spiro atoms. The Morgan fingerprint density at radius 2 is 2.24 bits per heavy atom. The minimum atomic E-state index is 0.0388. The first-order chi connectivity index (χ1) is 10.1. The number of benzene rings is 1. The minimum Gasteiger partial charge on any atom is -0.350 e. The highest BCUT2D eigenvalue weighted by molar-refractivity contribution is 7.98. The number of thioether (sulfide) groups is 1. The van der Waals surface area contributed by atoms with E-state index in [1.807, 2.05) is 30.5 Å². The third-order valence-corrected chi connectivity index (χ3v) is 5.02. The zero-order chi connectivity index (χ0) is 15.2. The van der Waals surface area contributed by atoms with Gasteiger partial charge in [-0.15, -0.1) is 11.8 Å². The van der Waals surface area contributed by atoms with Gasteiger partial charge in [-0.25, -0.2) is 0 Å². The van der Waals surface area contributed by atoms with E-state index in [9.17, 15) is 4.79 Å². The van der Waals surface area contributed by atoms with Gasteiger partial charge >= 0.3 is 0 Å². The van der Waals surface area contributed by atoms with Crippen LogP contribution in [0.1, 0.15) is 37.0 Å². The first-order valence-electron chi connectivity index (χ1n) is 7.77. The van der Waals surface area contributed by atoms with E-state index < -0.39 is 0 Å². The lowest BCUT2D eigenvalue weighted by atomic mass is 9.99. The number of rotatable bonds is 5. The molecule has 2 atom stereocenters. The molecule has 1 amide bonds. The second-order valence-corrected chi connectivity index (χ2v) is 6.85. The second kappa shape index (κ2) is 7.85. The van der Waals surface area contributed by atoms with Crippen LogP contribution in [0.15, 0.2) is 29.2 Å². The van der Waals surface area contributed by atoms with Crippen LogP contribution in [0, 0.1) is 5.92 Å². The number of likely N-dealkylation sites (tertiary alicyclic amines) is 1. The Morgan fingerprint density at radius 3 is 2.95 bits per heavy atom. The molecule has 1 aliphatic rings. The van der Waals surface area contributed by atoms with Crippen molar-refractivity contribution in [3.8, 4) is 0 Å². The van der Waals surface area contributed by atoms with Crippen molar-refractivity contribution in [1.82, 2.24) is 10.2 Å². The second-order valence-electron chi connectivity index (χ2n) is 6.00. The van der Waals surface area contributed by atoms with Gasteiger partial charge in [0.15, 0.2) is 0 Å². The molecule has 1 saturated heterocycles. The van der Waals surface area contributed by atoms with Gasteiger partial charge in [0, 0.05) is 24.0 Å². The zero-order valence-corrected chi connectivity index (χ0v) is 14.1. The molecule has 1 aliphatic heterocycles. The molecular formula is C17H26N2OS. The first-order valence-corrected chi connectivity index (χ1v) is 8.99. The topological polar surface area (TPSA) is 32.3 Å². The van der Waals surface area contributed by atoms with Crippen LogP contribution in [0.5, 0.6) is 0 Å². The molecular weight excluding hydrogens is 280 g/mol. The van der Waals surface area contributed by atoms with E-state index in [-0.39, 0.29) is 5.91 Å². The highest BCUT2D eigenvalue weighted by Crippen LogP contribution is 2.20. The summed E-state index contributed by atoms with van der Waals surface area (Å²) in [5.41, 5.74) is 0.782. The van der Waals surface area contributed by atoms with Gasteiger partial charge in [0.2, 0.25) is 0 Å². The number of nitrogens with one attached hydrogen (secondary N) is 1. The third-order valence-electron chi connectivity index (χ3n) is 4.22. The van der Waals surface area contributed by atoms with E-state index in [1.165, 1.54) is 12.8 Å². The molecule has 0 saturated carbocycles. The molecule has 21 heavy (non-hydrogen) atoms. The molecule has 1 heterocycles. The number of carbonyl (C=O) groups is 1. The Bertz CT molecular complexity index is 478. The predicted molar refractivity (Wildman–Crippen MR) is 90.0 cm³/mol. The largest absolute Gasteiger partial charge is 0.350 e. The molecule has 1 aromatic carbocycles. The number of piperidine rings is 1. The van der Waals surface area contributed by atoms with Crippen LogP contribution >= 0.6 is 11.8 Å². The Hall–Kier alpha value is -1.00. The van der Waals surface area contributed by atoms with E-state index in [0.29, 0.717) is 12.6 Å². The minimum absolute atomic E-state index is 0.0388. The van der Waals surface area contributed by atoms with Gasteiger partial charge < -0.3 is 5.32 Å². The molecule has 2 rings (SSSR count). The van der Waals surface area contributed by atoms with Crippen LogP contribution in [-0.2, 0) is 0 Å². The van der Waals surface area contributed by atoms with Crippen LogP contribution in [0.4, 0.5) is 0 Å².